The van der Waals surface area contributed by atoms with Crippen LogP contribution in [0.2, 0.25) is 5.02 Å². The maximum atomic E-state index is 12.4. The highest BCUT2D eigenvalue weighted by molar-refractivity contribution is 14.1. The van der Waals surface area contributed by atoms with Crippen molar-refractivity contribution in [3.05, 3.63) is 51.6 Å². The molecule has 2 aromatic rings. The Hall–Kier alpha value is -1.51. The fourth-order valence-electron chi connectivity index (χ4n) is 3.74. The molecule has 0 aliphatic carbocycles. The molecule has 2 amide bonds. The molecule has 2 heterocycles. The average Bonchev–Trinajstić information content (AvgIpc) is 3.03. The first kappa shape index (κ1) is 22.2. The lowest BCUT2D eigenvalue weighted by Gasteiger charge is -2.32. The van der Waals surface area contributed by atoms with Gasteiger partial charge in [-0.2, -0.15) is 0 Å². The van der Waals surface area contributed by atoms with E-state index in [4.69, 9.17) is 11.6 Å². The molecular formula is C22H28ClIN4O. The zero-order valence-electron chi connectivity index (χ0n) is 16.8. The van der Waals surface area contributed by atoms with E-state index in [-0.39, 0.29) is 6.03 Å². The molecule has 1 aliphatic heterocycles. The van der Waals surface area contributed by atoms with Gasteiger partial charge in [0, 0.05) is 77.8 Å². The van der Waals surface area contributed by atoms with E-state index in [2.05, 4.69) is 62.1 Å². The third kappa shape index (κ3) is 5.35. The smallest absolute Gasteiger partial charge is 0.317 e. The summed E-state index contributed by atoms with van der Waals surface area (Å²) in [6.45, 7) is 14.6. The number of rotatable bonds is 6. The number of nitrogens with one attached hydrogen (secondary N) is 1. The second-order valence-electron chi connectivity index (χ2n) is 7.35. The Morgan fingerprint density at radius 1 is 1.28 bits per heavy atom. The van der Waals surface area contributed by atoms with Crippen LogP contribution in [0.5, 0.6) is 0 Å². The minimum atomic E-state index is 0.0378. The first-order chi connectivity index (χ1) is 13.9. The molecular weight excluding hydrogens is 499 g/mol. The molecule has 7 heteroatoms. The first-order valence-electron chi connectivity index (χ1n) is 9.99. The summed E-state index contributed by atoms with van der Waals surface area (Å²) in [5.74, 6) is 0.394. The molecule has 5 nitrogen and oxygen atoms in total. The van der Waals surface area contributed by atoms with E-state index in [9.17, 15) is 4.79 Å². The minimum Gasteiger partial charge on any atom is -0.337 e. The van der Waals surface area contributed by atoms with E-state index in [0.29, 0.717) is 17.5 Å². The Morgan fingerprint density at radius 3 is 2.55 bits per heavy atom. The molecule has 3 rings (SSSR count). The number of carbonyl (C=O) groups excluding carboxylic acids is 1. The molecule has 0 unspecified atom stereocenters. The largest absolute Gasteiger partial charge is 0.337 e. The summed E-state index contributed by atoms with van der Waals surface area (Å²) in [6, 6.07) is 7.78. The zero-order chi connectivity index (χ0) is 21.0. The van der Waals surface area contributed by atoms with Gasteiger partial charge in [0.1, 0.15) is 0 Å². The van der Waals surface area contributed by atoms with Gasteiger partial charge in [-0.1, -0.05) is 31.7 Å². The molecule has 1 aromatic carbocycles. The quantitative estimate of drug-likeness (QED) is 0.462. The van der Waals surface area contributed by atoms with Crippen LogP contribution in [0, 0.1) is 0 Å². The predicted molar refractivity (Wildman–Crippen MR) is 129 cm³/mol. The highest BCUT2D eigenvalue weighted by Crippen LogP contribution is 2.26. The van der Waals surface area contributed by atoms with Gasteiger partial charge in [0.05, 0.1) is 0 Å². The Balaban J connectivity index is 1.62. The summed E-state index contributed by atoms with van der Waals surface area (Å²) in [5.41, 5.74) is 2.26. The molecule has 1 aliphatic rings. The Morgan fingerprint density at radius 2 is 1.93 bits per heavy atom. The summed E-state index contributed by atoms with van der Waals surface area (Å²) in [6.07, 6.45) is 4.02. The van der Waals surface area contributed by atoms with E-state index in [1.165, 1.54) is 5.56 Å². The van der Waals surface area contributed by atoms with E-state index in [1.807, 2.05) is 29.2 Å². The van der Waals surface area contributed by atoms with E-state index < -0.39 is 0 Å². The SMILES string of the molecule is C=c1c(C2CCN(C(=O)NCCN(I)CC)CC2)cn(-c2ccc(Cl)cc2)c1=C. The number of carbonyl (C=O) groups is 1. The van der Waals surface area contributed by atoms with E-state index in [0.717, 1.165) is 55.3 Å². The number of urea groups is 1. The van der Waals surface area contributed by atoms with Crippen molar-refractivity contribution >= 4 is 53.7 Å². The molecule has 0 spiro atoms. The van der Waals surface area contributed by atoms with Crippen molar-refractivity contribution in [2.24, 2.45) is 0 Å². The second kappa shape index (κ2) is 10.00. The standard InChI is InChI=1S/C22H28ClIN4O/c1-4-27(24)14-11-25-22(29)26-12-9-18(10-13-26)21-15-28(17(3)16(21)2)20-7-5-19(23)6-8-20/h5-8,15,18H,2-4,9-14H2,1H3,(H,25,29). The zero-order valence-corrected chi connectivity index (χ0v) is 19.7. The topological polar surface area (TPSA) is 40.5 Å². The van der Waals surface area contributed by atoms with Gasteiger partial charge in [0.15, 0.2) is 0 Å². The summed E-state index contributed by atoms with van der Waals surface area (Å²) in [7, 11) is 0. The summed E-state index contributed by atoms with van der Waals surface area (Å²) in [5, 5.41) is 5.64. The molecule has 29 heavy (non-hydrogen) atoms. The fourth-order valence-corrected chi connectivity index (χ4v) is 4.11. The van der Waals surface area contributed by atoms with Crippen LogP contribution in [0.15, 0.2) is 30.5 Å². The highest BCUT2D eigenvalue weighted by atomic mass is 127. The maximum absolute atomic E-state index is 12.4. The number of hydrogen-bond donors (Lipinski definition) is 1. The summed E-state index contributed by atoms with van der Waals surface area (Å²) >= 11 is 8.29. The number of piperidine rings is 1. The number of likely N-dealkylation sites (N-methyl/N-ethyl adjacent to an activating group) is 1. The van der Waals surface area contributed by atoms with Crippen molar-refractivity contribution in [1.82, 2.24) is 17.9 Å². The normalized spacial score (nSPS) is 15.1. The molecule has 156 valence electrons. The molecule has 0 saturated carbocycles. The van der Waals surface area contributed by atoms with Gasteiger partial charge in [-0.15, -0.1) is 0 Å². The number of likely N-dealkylation sites (tertiary alicyclic amines) is 1. The van der Waals surface area contributed by atoms with Gasteiger partial charge < -0.3 is 14.8 Å². The molecule has 0 atom stereocenters. The van der Waals surface area contributed by atoms with Crippen LogP contribution in [0.4, 0.5) is 4.79 Å². The average molecular weight is 527 g/mol. The number of aromatic nitrogens is 1. The third-order valence-corrected chi connectivity index (χ3v) is 6.97. The number of benzene rings is 1. The van der Waals surface area contributed by atoms with E-state index >= 15 is 0 Å². The van der Waals surface area contributed by atoms with Crippen LogP contribution >= 0.6 is 34.5 Å². The van der Waals surface area contributed by atoms with Crippen molar-refractivity contribution in [1.29, 1.82) is 0 Å². The summed E-state index contributed by atoms with van der Waals surface area (Å²) < 4.78 is 4.23. The third-order valence-electron chi connectivity index (χ3n) is 5.56. The van der Waals surface area contributed by atoms with Crippen LogP contribution < -0.4 is 15.9 Å². The van der Waals surface area contributed by atoms with Gasteiger partial charge in [0.25, 0.3) is 0 Å². The monoisotopic (exact) mass is 526 g/mol. The van der Waals surface area contributed by atoms with Crippen molar-refractivity contribution in [3.63, 3.8) is 0 Å². The lowest BCUT2D eigenvalue weighted by molar-refractivity contribution is 0.181. The van der Waals surface area contributed by atoms with Crippen molar-refractivity contribution in [2.75, 3.05) is 32.7 Å². The van der Waals surface area contributed by atoms with Gasteiger partial charge in [-0.25, -0.2) is 7.91 Å². The molecule has 1 N–H and O–H groups in total. The molecule has 1 saturated heterocycles. The fraction of sp³-hybridized carbons (Fsp3) is 0.409. The van der Waals surface area contributed by atoms with Crippen molar-refractivity contribution < 1.29 is 4.79 Å². The maximum Gasteiger partial charge on any atom is 0.317 e. The number of halogens is 2. The van der Waals surface area contributed by atoms with Crippen molar-refractivity contribution in [3.8, 4) is 5.69 Å². The molecule has 0 bridgehead atoms. The molecule has 0 radical (unpaired) electrons. The minimum absolute atomic E-state index is 0.0378. The van der Waals surface area contributed by atoms with Crippen molar-refractivity contribution in [2.45, 2.75) is 25.7 Å². The van der Waals surface area contributed by atoms with Crippen LogP contribution in [0.1, 0.15) is 31.2 Å². The van der Waals surface area contributed by atoms with Gasteiger partial charge in [-0.3, -0.25) is 0 Å². The predicted octanol–water partition coefficient (Wildman–Crippen LogP) is 3.51. The van der Waals surface area contributed by atoms with Gasteiger partial charge in [0.2, 0.25) is 0 Å². The number of hydrogen-bond acceptors (Lipinski definition) is 2. The van der Waals surface area contributed by atoms with Crippen LogP contribution in [-0.2, 0) is 0 Å². The summed E-state index contributed by atoms with van der Waals surface area (Å²) in [4.78, 5) is 14.3. The Bertz CT molecular complexity index is 935. The number of nitrogens with zero attached hydrogens (tertiary/aromatic N) is 3. The lowest BCUT2D eigenvalue weighted by atomic mass is 9.90. The number of amides is 2. The van der Waals surface area contributed by atoms with Gasteiger partial charge >= 0.3 is 6.03 Å². The highest BCUT2D eigenvalue weighted by Gasteiger charge is 2.25. The van der Waals surface area contributed by atoms with Crippen LogP contribution in [-0.4, -0.2) is 51.3 Å². The van der Waals surface area contributed by atoms with Gasteiger partial charge in [-0.05, 0) is 53.8 Å². The first-order valence-corrected chi connectivity index (χ1v) is 11.3. The second-order valence-corrected chi connectivity index (χ2v) is 9.15. The lowest BCUT2D eigenvalue weighted by Crippen LogP contribution is -2.45. The molecule has 1 aromatic heterocycles. The molecule has 1 fully saturated rings. The van der Waals surface area contributed by atoms with Crippen LogP contribution in [0.25, 0.3) is 18.8 Å². The Labute approximate surface area is 191 Å². The van der Waals surface area contributed by atoms with E-state index in [1.54, 1.807) is 0 Å². The van der Waals surface area contributed by atoms with Crippen LogP contribution in [0.3, 0.4) is 0 Å². The Kier molecular flexibility index (Phi) is 7.65.